The number of hydrogen-bond acceptors (Lipinski definition) is 2. The summed E-state index contributed by atoms with van der Waals surface area (Å²) in [6.07, 6.45) is 6.26. The Morgan fingerprint density at radius 1 is 0.939 bits per heavy atom. The van der Waals surface area contributed by atoms with Crippen LogP contribution in [0.5, 0.6) is 0 Å². The molecule has 1 unspecified atom stereocenters. The number of nitrogens with zero attached hydrogens (tertiary/aromatic N) is 1. The third-order valence-corrected chi connectivity index (χ3v) is 6.80. The fourth-order valence-corrected chi connectivity index (χ4v) is 4.53. The van der Waals surface area contributed by atoms with E-state index in [2.05, 4.69) is 62.5 Å². The number of benzene rings is 2. The highest BCUT2D eigenvalue weighted by molar-refractivity contribution is 5.87. The van der Waals surface area contributed by atoms with E-state index in [9.17, 15) is 9.59 Å². The van der Waals surface area contributed by atoms with Gasteiger partial charge in [-0.3, -0.25) is 9.59 Å². The normalized spacial score (nSPS) is 15.3. The predicted molar refractivity (Wildman–Crippen MR) is 135 cm³/mol. The Balaban J connectivity index is 1.64. The van der Waals surface area contributed by atoms with Crippen LogP contribution in [0.15, 0.2) is 54.6 Å². The number of nitrogens with one attached hydrogen (secondary N) is 1. The molecule has 0 bridgehead atoms. The summed E-state index contributed by atoms with van der Waals surface area (Å²) in [6, 6.07) is 18.5. The van der Waals surface area contributed by atoms with Crippen LogP contribution in [-0.2, 0) is 27.8 Å². The van der Waals surface area contributed by atoms with Crippen molar-refractivity contribution in [2.24, 2.45) is 0 Å². The summed E-state index contributed by atoms with van der Waals surface area (Å²) in [4.78, 5) is 28.0. The van der Waals surface area contributed by atoms with Gasteiger partial charge in [-0.15, -0.1) is 0 Å². The Morgan fingerprint density at radius 3 is 2.15 bits per heavy atom. The van der Waals surface area contributed by atoms with Crippen molar-refractivity contribution in [3.63, 3.8) is 0 Å². The fraction of sp³-hybridized carbons (Fsp3) is 0.517. The summed E-state index contributed by atoms with van der Waals surface area (Å²) in [5, 5.41) is 3.17. The molecule has 1 fully saturated rings. The van der Waals surface area contributed by atoms with Crippen LogP contribution in [0.25, 0.3) is 0 Å². The largest absolute Gasteiger partial charge is 0.352 e. The van der Waals surface area contributed by atoms with E-state index in [1.165, 1.54) is 24.0 Å². The van der Waals surface area contributed by atoms with Gasteiger partial charge in [0.15, 0.2) is 0 Å². The van der Waals surface area contributed by atoms with Crippen LogP contribution in [-0.4, -0.2) is 35.3 Å². The lowest BCUT2D eigenvalue weighted by atomic mass is 9.86. The van der Waals surface area contributed by atoms with E-state index in [4.69, 9.17) is 0 Å². The molecule has 1 aliphatic rings. The maximum atomic E-state index is 13.3. The molecule has 2 aromatic rings. The van der Waals surface area contributed by atoms with E-state index in [0.717, 1.165) is 24.8 Å². The first kappa shape index (κ1) is 25.0. The Kier molecular flexibility index (Phi) is 8.71. The van der Waals surface area contributed by atoms with Crippen LogP contribution in [0.2, 0.25) is 0 Å². The molecule has 178 valence electrons. The minimum atomic E-state index is -0.468. The van der Waals surface area contributed by atoms with Crippen molar-refractivity contribution >= 4 is 11.8 Å². The summed E-state index contributed by atoms with van der Waals surface area (Å²) in [5.74, 6) is 0.0118. The zero-order chi connectivity index (χ0) is 23.8. The number of rotatable bonds is 9. The molecule has 0 aromatic heterocycles. The van der Waals surface area contributed by atoms with Gasteiger partial charge in [-0.05, 0) is 54.7 Å². The maximum absolute atomic E-state index is 13.3. The second kappa shape index (κ2) is 11.5. The molecule has 0 radical (unpaired) electrons. The van der Waals surface area contributed by atoms with Crippen molar-refractivity contribution in [2.45, 2.75) is 90.1 Å². The molecule has 0 aliphatic heterocycles. The lowest BCUT2D eigenvalue weighted by Crippen LogP contribution is -2.50. The predicted octanol–water partition coefficient (Wildman–Crippen LogP) is 5.44. The highest BCUT2D eigenvalue weighted by atomic mass is 16.2. The Morgan fingerprint density at radius 2 is 1.55 bits per heavy atom. The molecule has 33 heavy (non-hydrogen) atoms. The van der Waals surface area contributed by atoms with Crippen molar-refractivity contribution in [2.75, 3.05) is 6.54 Å². The molecule has 2 aromatic carbocycles. The van der Waals surface area contributed by atoms with Crippen LogP contribution in [0.3, 0.4) is 0 Å². The minimum Gasteiger partial charge on any atom is -0.352 e. The van der Waals surface area contributed by atoms with Crippen molar-refractivity contribution in [1.82, 2.24) is 10.2 Å². The molecule has 1 aliphatic carbocycles. The average Bonchev–Trinajstić information content (AvgIpc) is 3.31. The second-order valence-electron chi connectivity index (χ2n) is 10.4. The smallest absolute Gasteiger partial charge is 0.242 e. The van der Waals surface area contributed by atoms with E-state index < -0.39 is 6.04 Å². The topological polar surface area (TPSA) is 49.4 Å². The van der Waals surface area contributed by atoms with Gasteiger partial charge < -0.3 is 10.2 Å². The van der Waals surface area contributed by atoms with Crippen LogP contribution in [0, 0.1) is 0 Å². The van der Waals surface area contributed by atoms with Crippen molar-refractivity contribution in [3.05, 3.63) is 71.3 Å². The molecular formula is C29H40N2O2. The van der Waals surface area contributed by atoms with Crippen molar-refractivity contribution < 1.29 is 9.59 Å². The zero-order valence-electron chi connectivity index (χ0n) is 20.8. The van der Waals surface area contributed by atoms with Gasteiger partial charge in [0.1, 0.15) is 6.04 Å². The Bertz CT molecular complexity index is 893. The lowest BCUT2D eigenvalue weighted by Gasteiger charge is -2.30. The first-order chi connectivity index (χ1) is 15.7. The number of amides is 2. The van der Waals surface area contributed by atoms with Gasteiger partial charge in [0, 0.05) is 19.0 Å². The van der Waals surface area contributed by atoms with Crippen LogP contribution in [0.1, 0.15) is 76.5 Å². The summed E-state index contributed by atoms with van der Waals surface area (Å²) in [7, 11) is 0. The Hall–Kier alpha value is -2.62. The number of carbonyl (C=O) groups is 2. The van der Waals surface area contributed by atoms with E-state index >= 15 is 0 Å². The molecule has 1 saturated carbocycles. The summed E-state index contributed by atoms with van der Waals surface area (Å²) >= 11 is 0. The molecule has 2 amide bonds. The van der Waals surface area contributed by atoms with Gasteiger partial charge in [-0.25, -0.2) is 0 Å². The van der Waals surface area contributed by atoms with E-state index in [0.29, 0.717) is 19.4 Å². The molecular weight excluding hydrogens is 408 g/mol. The summed E-state index contributed by atoms with van der Waals surface area (Å²) in [6.45, 7) is 9.02. The third kappa shape index (κ3) is 7.45. The molecule has 0 heterocycles. The highest BCUT2D eigenvalue weighted by Gasteiger charge is 2.28. The molecule has 1 atom stereocenters. The lowest BCUT2D eigenvalue weighted by molar-refractivity contribution is -0.140. The molecule has 0 spiro atoms. The molecule has 3 rings (SSSR count). The first-order valence-corrected chi connectivity index (χ1v) is 12.5. The number of aryl methyl sites for hydroxylation is 1. The fourth-order valence-electron chi connectivity index (χ4n) is 4.53. The van der Waals surface area contributed by atoms with E-state index in [1.807, 2.05) is 25.1 Å². The standard InChI is InChI=1S/C29H40N2O2/c1-22(28(33)30-26-12-8-9-13-26)31(21-20-23-10-6-5-7-11-23)27(32)19-16-24-14-17-25(18-15-24)29(2,3)4/h5-7,10-11,14-15,17-18,22,26H,8-9,12-13,16,19-21H2,1-4H3,(H,30,33). The van der Waals surface area contributed by atoms with Gasteiger partial charge >= 0.3 is 0 Å². The van der Waals surface area contributed by atoms with Gasteiger partial charge in [-0.2, -0.15) is 0 Å². The SMILES string of the molecule is CC(C(=O)NC1CCCC1)N(CCc1ccccc1)C(=O)CCc1ccc(C(C)(C)C)cc1. The summed E-state index contributed by atoms with van der Waals surface area (Å²) in [5.41, 5.74) is 3.74. The Labute approximate surface area is 199 Å². The quantitative estimate of drug-likeness (QED) is 0.556. The zero-order valence-corrected chi connectivity index (χ0v) is 20.8. The number of hydrogen-bond donors (Lipinski definition) is 1. The van der Waals surface area contributed by atoms with Crippen LogP contribution >= 0.6 is 0 Å². The summed E-state index contributed by atoms with van der Waals surface area (Å²) < 4.78 is 0. The molecule has 4 nitrogen and oxygen atoms in total. The van der Waals surface area contributed by atoms with Gasteiger partial charge in [-0.1, -0.05) is 88.2 Å². The molecule has 1 N–H and O–H groups in total. The average molecular weight is 449 g/mol. The van der Waals surface area contributed by atoms with Crippen LogP contribution < -0.4 is 5.32 Å². The van der Waals surface area contributed by atoms with Gasteiger partial charge in [0.25, 0.3) is 0 Å². The monoisotopic (exact) mass is 448 g/mol. The van der Waals surface area contributed by atoms with Gasteiger partial charge in [0.05, 0.1) is 0 Å². The minimum absolute atomic E-state index is 0.0298. The van der Waals surface area contributed by atoms with Gasteiger partial charge in [0.2, 0.25) is 11.8 Å². The first-order valence-electron chi connectivity index (χ1n) is 12.5. The highest BCUT2D eigenvalue weighted by Crippen LogP contribution is 2.23. The second-order valence-corrected chi connectivity index (χ2v) is 10.4. The van der Waals surface area contributed by atoms with Crippen molar-refractivity contribution in [3.8, 4) is 0 Å². The molecule has 0 saturated heterocycles. The van der Waals surface area contributed by atoms with E-state index in [1.54, 1.807) is 4.90 Å². The maximum Gasteiger partial charge on any atom is 0.242 e. The van der Waals surface area contributed by atoms with Crippen LogP contribution in [0.4, 0.5) is 0 Å². The number of carbonyl (C=O) groups excluding carboxylic acids is 2. The van der Waals surface area contributed by atoms with Crippen molar-refractivity contribution in [1.29, 1.82) is 0 Å². The molecule has 4 heteroatoms. The third-order valence-electron chi connectivity index (χ3n) is 6.80. The van der Waals surface area contributed by atoms with E-state index in [-0.39, 0.29) is 23.3 Å².